The number of nitrogens with one attached hydrogen (secondary N) is 2. The fourth-order valence-electron chi connectivity index (χ4n) is 3.83. The Morgan fingerprint density at radius 1 is 1.29 bits per heavy atom. The number of thiocarbonyl (C=S) groups is 1. The molecule has 4 rings (SSSR count). The van der Waals surface area contributed by atoms with Gasteiger partial charge in [0.15, 0.2) is 23.2 Å². The number of amides is 2. The summed E-state index contributed by atoms with van der Waals surface area (Å²) in [6.45, 7) is 2.92. The number of para-hydroxylation sites is 1. The molecule has 1 unspecified atom stereocenters. The molecule has 2 aromatic rings. The Morgan fingerprint density at radius 3 is 2.85 bits per heavy atom. The van der Waals surface area contributed by atoms with Crippen LogP contribution in [-0.2, 0) is 14.3 Å². The van der Waals surface area contributed by atoms with Crippen LogP contribution in [0.1, 0.15) is 24.0 Å². The summed E-state index contributed by atoms with van der Waals surface area (Å²) in [7, 11) is 1.52. The number of hydrogen-bond donors (Lipinski definition) is 2. The van der Waals surface area contributed by atoms with Crippen LogP contribution in [0.5, 0.6) is 11.5 Å². The summed E-state index contributed by atoms with van der Waals surface area (Å²) in [4.78, 5) is 26.7. The quantitative estimate of drug-likeness (QED) is 0.442. The van der Waals surface area contributed by atoms with E-state index < -0.39 is 0 Å². The van der Waals surface area contributed by atoms with Crippen LogP contribution in [0.2, 0.25) is 0 Å². The van der Waals surface area contributed by atoms with Gasteiger partial charge in [0.1, 0.15) is 5.70 Å². The van der Waals surface area contributed by atoms with Gasteiger partial charge in [-0.3, -0.25) is 14.5 Å². The number of rotatable bonds is 8. The van der Waals surface area contributed by atoms with Crippen molar-refractivity contribution >= 4 is 40.9 Å². The number of nitrogens with zero attached hydrogens (tertiary/aromatic N) is 1. The lowest BCUT2D eigenvalue weighted by Gasteiger charge is -2.18. The normalized spacial score (nSPS) is 18.8. The van der Waals surface area contributed by atoms with E-state index in [0.29, 0.717) is 28.9 Å². The minimum atomic E-state index is -0.275. The SMILES string of the molecule is COc1cc(/C=C2/NC(=S)N(CC3CCCO3)C2=O)ccc1OCC(=O)Nc1ccccc1C. The molecule has 0 aromatic heterocycles. The number of carbonyl (C=O) groups is 2. The Kier molecular flexibility index (Phi) is 7.44. The van der Waals surface area contributed by atoms with Crippen molar-refractivity contribution in [2.75, 3.05) is 32.2 Å². The Balaban J connectivity index is 1.40. The van der Waals surface area contributed by atoms with Gasteiger partial charge in [-0.15, -0.1) is 0 Å². The molecule has 0 spiro atoms. The van der Waals surface area contributed by atoms with Crippen molar-refractivity contribution in [2.45, 2.75) is 25.9 Å². The number of ether oxygens (including phenoxy) is 3. The van der Waals surface area contributed by atoms with Gasteiger partial charge in [-0.1, -0.05) is 24.3 Å². The zero-order valence-corrected chi connectivity index (χ0v) is 19.9. The highest BCUT2D eigenvalue weighted by Gasteiger charge is 2.33. The van der Waals surface area contributed by atoms with Gasteiger partial charge in [-0.2, -0.15) is 0 Å². The van der Waals surface area contributed by atoms with Gasteiger partial charge in [0, 0.05) is 12.3 Å². The first kappa shape index (κ1) is 23.7. The molecular formula is C25H27N3O5S. The number of benzene rings is 2. The second kappa shape index (κ2) is 10.7. The third kappa shape index (κ3) is 5.55. The molecule has 2 aliphatic heterocycles. The van der Waals surface area contributed by atoms with Crippen LogP contribution in [0, 0.1) is 6.92 Å². The maximum atomic E-state index is 12.8. The van der Waals surface area contributed by atoms with Gasteiger partial charge < -0.3 is 24.8 Å². The molecular weight excluding hydrogens is 454 g/mol. The zero-order valence-electron chi connectivity index (χ0n) is 19.1. The second-order valence-electron chi connectivity index (χ2n) is 8.10. The van der Waals surface area contributed by atoms with Crippen molar-refractivity contribution in [1.29, 1.82) is 0 Å². The molecule has 8 nitrogen and oxygen atoms in total. The standard InChI is InChI=1S/C25H27N3O5S/c1-16-6-3-4-8-19(16)26-23(29)15-33-21-10-9-17(13-22(21)31-2)12-20-24(30)28(25(34)27-20)14-18-7-5-11-32-18/h3-4,6,8-10,12-13,18H,5,7,11,14-15H2,1-2H3,(H,26,29)(H,27,34)/b20-12+. The largest absolute Gasteiger partial charge is 0.493 e. The number of hydrogen-bond acceptors (Lipinski definition) is 6. The van der Waals surface area contributed by atoms with Crippen LogP contribution in [-0.4, -0.2) is 54.8 Å². The van der Waals surface area contributed by atoms with E-state index in [-0.39, 0.29) is 24.5 Å². The highest BCUT2D eigenvalue weighted by molar-refractivity contribution is 7.80. The molecule has 2 amide bonds. The molecule has 0 aliphatic carbocycles. The Bertz CT molecular complexity index is 1130. The molecule has 1 atom stereocenters. The number of anilines is 1. The lowest BCUT2D eigenvalue weighted by atomic mass is 10.1. The lowest BCUT2D eigenvalue weighted by Crippen LogP contribution is -2.37. The highest BCUT2D eigenvalue weighted by Crippen LogP contribution is 2.29. The maximum Gasteiger partial charge on any atom is 0.276 e. The summed E-state index contributed by atoms with van der Waals surface area (Å²) in [5.74, 6) is 0.406. The summed E-state index contributed by atoms with van der Waals surface area (Å²) in [6.07, 6.45) is 3.65. The third-order valence-corrected chi connectivity index (χ3v) is 5.97. The summed E-state index contributed by atoms with van der Waals surface area (Å²) < 4.78 is 16.7. The van der Waals surface area contributed by atoms with Gasteiger partial charge in [0.05, 0.1) is 19.8 Å². The maximum absolute atomic E-state index is 12.8. The predicted octanol–water partition coefficient (Wildman–Crippen LogP) is 3.26. The van der Waals surface area contributed by atoms with Crippen molar-refractivity contribution < 1.29 is 23.8 Å². The Morgan fingerprint density at radius 2 is 2.12 bits per heavy atom. The summed E-state index contributed by atoms with van der Waals surface area (Å²) in [6, 6.07) is 12.7. The average molecular weight is 482 g/mol. The van der Waals surface area contributed by atoms with E-state index in [0.717, 1.165) is 36.3 Å². The first-order valence-electron chi connectivity index (χ1n) is 11.1. The second-order valence-corrected chi connectivity index (χ2v) is 8.49. The van der Waals surface area contributed by atoms with Crippen molar-refractivity contribution in [2.24, 2.45) is 0 Å². The van der Waals surface area contributed by atoms with Crippen LogP contribution in [0.3, 0.4) is 0 Å². The summed E-state index contributed by atoms with van der Waals surface area (Å²) in [5, 5.41) is 6.19. The van der Waals surface area contributed by atoms with E-state index >= 15 is 0 Å². The predicted molar refractivity (Wildman–Crippen MR) is 133 cm³/mol. The average Bonchev–Trinajstić information content (AvgIpc) is 3.44. The van der Waals surface area contributed by atoms with E-state index in [2.05, 4.69) is 10.6 Å². The Hall–Kier alpha value is -3.43. The molecule has 2 fully saturated rings. The van der Waals surface area contributed by atoms with Crippen LogP contribution >= 0.6 is 12.2 Å². The summed E-state index contributed by atoms with van der Waals surface area (Å²) in [5.41, 5.74) is 2.82. The van der Waals surface area contributed by atoms with Crippen LogP contribution in [0.25, 0.3) is 6.08 Å². The minimum absolute atomic E-state index is 0.0163. The van der Waals surface area contributed by atoms with E-state index in [1.165, 1.54) is 7.11 Å². The molecule has 0 bridgehead atoms. The molecule has 2 saturated heterocycles. The van der Waals surface area contributed by atoms with E-state index in [9.17, 15) is 9.59 Å². The first-order valence-corrected chi connectivity index (χ1v) is 11.5. The van der Waals surface area contributed by atoms with Gasteiger partial charge in [-0.05, 0) is 67.4 Å². The van der Waals surface area contributed by atoms with Crippen molar-refractivity contribution in [3.63, 3.8) is 0 Å². The van der Waals surface area contributed by atoms with Gasteiger partial charge in [0.2, 0.25) is 0 Å². The molecule has 2 heterocycles. The van der Waals surface area contributed by atoms with Crippen LogP contribution in [0.4, 0.5) is 5.69 Å². The van der Waals surface area contributed by atoms with Crippen molar-refractivity contribution in [3.8, 4) is 11.5 Å². The fraction of sp³-hybridized carbons (Fsp3) is 0.320. The van der Waals surface area contributed by atoms with Gasteiger partial charge in [-0.25, -0.2) is 0 Å². The van der Waals surface area contributed by atoms with Crippen LogP contribution < -0.4 is 20.1 Å². The molecule has 2 aliphatic rings. The molecule has 9 heteroatoms. The van der Waals surface area contributed by atoms with Crippen LogP contribution in [0.15, 0.2) is 48.2 Å². The lowest BCUT2D eigenvalue weighted by molar-refractivity contribution is -0.123. The molecule has 2 aromatic carbocycles. The summed E-state index contributed by atoms with van der Waals surface area (Å²) >= 11 is 5.34. The molecule has 0 radical (unpaired) electrons. The Labute approximate surface area is 203 Å². The van der Waals surface area contributed by atoms with E-state index in [1.807, 2.05) is 31.2 Å². The number of aryl methyl sites for hydroxylation is 1. The van der Waals surface area contributed by atoms with E-state index in [4.69, 9.17) is 26.4 Å². The number of methoxy groups -OCH3 is 1. The molecule has 2 N–H and O–H groups in total. The highest BCUT2D eigenvalue weighted by atomic mass is 32.1. The molecule has 34 heavy (non-hydrogen) atoms. The monoisotopic (exact) mass is 481 g/mol. The van der Waals surface area contributed by atoms with Crippen molar-refractivity contribution in [3.05, 3.63) is 59.3 Å². The molecule has 178 valence electrons. The topological polar surface area (TPSA) is 89.1 Å². The number of carbonyl (C=O) groups excluding carboxylic acids is 2. The minimum Gasteiger partial charge on any atom is -0.493 e. The first-order chi connectivity index (χ1) is 16.4. The van der Waals surface area contributed by atoms with Gasteiger partial charge >= 0.3 is 0 Å². The van der Waals surface area contributed by atoms with Crippen molar-refractivity contribution in [1.82, 2.24) is 10.2 Å². The zero-order chi connectivity index (χ0) is 24.1. The molecule has 0 saturated carbocycles. The van der Waals surface area contributed by atoms with Gasteiger partial charge in [0.25, 0.3) is 11.8 Å². The smallest absolute Gasteiger partial charge is 0.276 e. The third-order valence-electron chi connectivity index (χ3n) is 5.65. The van der Waals surface area contributed by atoms with E-state index in [1.54, 1.807) is 29.2 Å². The fourth-order valence-corrected chi connectivity index (χ4v) is 4.10.